The number of anilines is 3. The number of halogens is 1. The van der Waals surface area contributed by atoms with Gasteiger partial charge < -0.3 is 35.8 Å². The van der Waals surface area contributed by atoms with Crippen LogP contribution in [0.2, 0.25) is 5.02 Å². The molecule has 3 aliphatic rings. The van der Waals surface area contributed by atoms with Crippen molar-refractivity contribution in [2.24, 2.45) is 13.0 Å². The number of hydrogen-bond acceptors (Lipinski definition) is 12. The molecule has 6 N–H and O–H groups in total. The summed E-state index contributed by atoms with van der Waals surface area (Å²) < 4.78 is 10.7. The second-order valence-electron chi connectivity index (χ2n) is 18.1. The van der Waals surface area contributed by atoms with E-state index in [9.17, 15) is 33.9 Å². The lowest BCUT2D eigenvalue weighted by Gasteiger charge is -2.45. The Bertz CT molecular complexity index is 2800. The molecule has 8 rings (SSSR count). The van der Waals surface area contributed by atoms with E-state index in [2.05, 4.69) is 50.4 Å². The first-order valence-electron chi connectivity index (χ1n) is 22.7. The molecule has 0 spiro atoms. The van der Waals surface area contributed by atoms with Gasteiger partial charge in [-0.15, -0.1) is 11.3 Å². The van der Waals surface area contributed by atoms with E-state index >= 15 is 0 Å². The lowest BCUT2D eigenvalue weighted by molar-refractivity contribution is -0.139. The third-order valence-electron chi connectivity index (χ3n) is 12.9. The Labute approximate surface area is 406 Å². The second kappa shape index (κ2) is 20.7. The van der Waals surface area contributed by atoms with Crippen molar-refractivity contribution in [1.29, 1.82) is 0 Å². The first-order valence-corrected chi connectivity index (χ1v) is 24.8. The van der Waals surface area contributed by atoms with E-state index in [1.54, 1.807) is 23.6 Å². The third kappa shape index (κ3) is 11.0. The van der Waals surface area contributed by atoms with Crippen LogP contribution in [-0.2, 0) is 27.2 Å². The fraction of sp³-hybridized carbons (Fsp3) is 0.417. The van der Waals surface area contributed by atoms with Crippen LogP contribution in [-0.4, -0.2) is 97.8 Å². The minimum absolute atomic E-state index is 0.0655. The van der Waals surface area contributed by atoms with E-state index in [1.165, 1.54) is 4.57 Å². The topological polar surface area (TPSA) is 217 Å². The van der Waals surface area contributed by atoms with Gasteiger partial charge in [-0.3, -0.25) is 24.0 Å². The summed E-state index contributed by atoms with van der Waals surface area (Å²) in [6, 6.07) is 20.6. The lowest BCUT2D eigenvalue weighted by atomic mass is 9.89. The molecule has 17 nitrogen and oxygen atoms in total. The maximum Gasteiger partial charge on any atom is 0.349 e. The van der Waals surface area contributed by atoms with Gasteiger partial charge in [0.2, 0.25) is 11.8 Å². The number of carbonyl (C=O) groups is 5. The Kier molecular flexibility index (Phi) is 14.7. The van der Waals surface area contributed by atoms with Crippen LogP contribution in [0.5, 0.6) is 5.75 Å². The van der Waals surface area contributed by atoms with E-state index < -0.39 is 30.5 Å². The largest absolute Gasteiger partial charge is 0.479 e. The van der Waals surface area contributed by atoms with Crippen molar-refractivity contribution in [3.05, 3.63) is 92.7 Å². The van der Waals surface area contributed by atoms with Crippen LogP contribution in [0, 0.1) is 5.92 Å². The number of nitrogens with zero attached hydrogens (tertiary/aromatic N) is 4. The summed E-state index contributed by atoms with van der Waals surface area (Å²) >= 11 is 9.26. The molecular formula is C48H55ClN8O9S2. The van der Waals surface area contributed by atoms with E-state index in [0.29, 0.717) is 34.8 Å². The van der Waals surface area contributed by atoms with Crippen molar-refractivity contribution in [3.8, 4) is 16.2 Å². The molecule has 3 aliphatic heterocycles. The zero-order valence-electron chi connectivity index (χ0n) is 38.0. The molecule has 360 valence electrons. The highest BCUT2D eigenvalue weighted by Gasteiger charge is 2.36. The van der Waals surface area contributed by atoms with Crippen molar-refractivity contribution in [2.45, 2.75) is 82.2 Å². The predicted molar refractivity (Wildman–Crippen MR) is 265 cm³/mol. The quantitative estimate of drug-likeness (QED) is 0.0412. The zero-order chi connectivity index (χ0) is 48.3. The minimum Gasteiger partial charge on any atom is -0.479 e. The maximum atomic E-state index is 13.2. The molecule has 2 atom stereocenters. The van der Waals surface area contributed by atoms with Gasteiger partial charge in [0, 0.05) is 74.0 Å². The third-order valence-corrected chi connectivity index (χ3v) is 16.1. The summed E-state index contributed by atoms with van der Waals surface area (Å²) in [5.74, 6) is -2.20. The number of rotatable bonds is 16. The first kappa shape index (κ1) is 48.4. The van der Waals surface area contributed by atoms with Crippen LogP contribution in [0.25, 0.3) is 21.5 Å². The van der Waals surface area contributed by atoms with Gasteiger partial charge in [0.25, 0.3) is 0 Å². The van der Waals surface area contributed by atoms with Crippen molar-refractivity contribution in [2.75, 3.05) is 48.3 Å². The van der Waals surface area contributed by atoms with Gasteiger partial charge in [-0.25, -0.2) is 23.5 Å². The SMILES string of the molecule is Cn1c(=O)n(C2CCC(=O)NC2=O)c2ccc(N3CCC(CCNC(=O)Nc4cccc(CSN5CCC(Nc6cccc(-c7sc(C(=O)O)c(OCC(=O)O)c7Cl)c6)CC5(C)C)c4)CC3)cc21. The number of nitrogens with one attached hydrogen (secondary N) is 4. The number of carboxylic acid groups (broad SMARTS) is 2. The monoisotopic (exact) mass is 986 g/mol. The molecule has 2 unspecified atom stereocenters. The summed E-state index contributed by atoms with van der Waals surface area (Å²) in [5.41, 5.74) is 5.37. The number of fused-ring (bicyclic) bond motifs is 1. The molecule has 0 radical (unpaired) electrons. The first-order chi connectivity index (χ1) is 32.5. The fourth-order valence-corrected chi connectivity index (χ4v) is 12.0. The number of benzene rings is 3. The number of carbonyl (C=O) groups excluding carboxylic acids is 3. The molecule has 5 heterocycles. The average Bonchev–Trinajstić information content (AvgIpc) is 3.76. The maximum absolute atomic E-state index is 13.2. The summed E-state index contributed by atoms with van der Waals surface area (Å²) in [5, 5.41) is 30.9. The molecule has 0 bridgehead atoms. The fourth-order valence-electron chi connectivity index (χ4n) is 9.43. The Morgan fingerprint density at radius 3 is 2.44 bits per heavy atom. The van der Waals surface area contributed by atoms with Gasteiger partial charge in [-0.2, -0.15) is 0 Å². The van der Waals surface area contributed by atoms with Crippen LogP contribution in [0.15, 0.2) is 71.5 Å². The number of thiophene rings is 1. The molecule has 0 aliphatic carbocycles. The Morgan fingerprint density at radius 1 is 0.941 bits per heavy atom. The summed E-state index contributed by atoms with van der Waals surface area (Å²) in [7, 11) is 1.70. The van der Waals surface area contributed by atoms with Crippen LogP contribution in [0.1, 0.15) is 80.1 Å². The Morgan fingerprint density at radius 2 is 1.71 bits per heavy atom. The molecular weight excluding hydrogens is 932 g/mol. The molecule has 0 saturated carbocycles. The molecule has 5 aromatic rings. The number of ether oxygens (including phenoxy) is 1. The number of piperidine rings is 3. The normalized spacial score (nSPS) is 18.9. The molecule has 3 aromatic carbocycles. The van der Waals surface area contributed by atoms with Gasteiger partial charge in [0.05, 0.1) is 15.9 Å². The molecule has 4 amide bonds. The minimum atomic E-state index is -1.25. The number of aliphatic carboxylic acids is 1. The van der Waals surface area contributed by atoms with Crippen LogP contribution in [0.3, 0.4) is 0 Å². The highest BCUT2D eigenvalue weighted by Crippen LogP contribution is 2.46. The average molecular weight is 988 g/mol. The number of amides is 4. The molecule has 20 heteroatoms. The number of imidazole rings is 1. The van der Waals surface area contributed by atoms with E-state index in [-0.39, 0.29) is 51.3 Å². The number of hydrogen-bond donors (Lipinski definition) is 6. The predicted octanol–water partition coefficient (Wildman–Crippen LogP) is 7.79. The Hall–Kier alpha value is -6.02. The summed E-state index contributed by atoms with van der Waals surface area (Å²) in [6.45, 7) is 6.85. The molecule has 3 fully saturated rings. The highest BCUT2D eigenvalue weighted by molar-refractivity contribution is 7.96. The smallest absolute Gasteiger partial charge is 0.349 e. The second-order valence-corrected chi connectivity index (χ2v) is 20.5. The van der Waals surface area contributed by atoms with E-state index in [0.717, 1.165) is 97.0 Å². The number of aryl methyl sites for hydroxylation is 1. The lowest BCUT2D eigenvalue weighted by Crippen LogP contribution is -2.49. The molecule has 68 heavy (non-hydrogen) atoms. The van der Waals surface area contributed by atoms with Gasteiger partial charge in [-0.1, -0.05) is 47.8 Å². The van der Waals surface area contributed by atoms with Crippen LogP contribution < -0.4 is 36.6 Å². The van der Waals surface area contributed by atoms with Crippen molar-refractivity contribution in [1.82, 2.24) is 24.1 Å². The van der Waals surface area contributed by atoms with Gasteiger partial charge in [0.1, 0.15) is 11.1 Å². The van der Waals surface area contributed by atoms with Gasteiger partial charge in [-0.05, 0) is 112 Å². The van der Waals surface area contributed by atoms with Crippen LogP contribution in [0.4, 0.5) is 21.9 Å². The number of imide groups is 1. The Balaban J connectivity index is 0.770. The molecule has 3 saturated heterocycles. The van der Waals surface area contributed by atoms with Crippen LogP contribution >= 0.6 is 34.9 Å². The molecule has 2 aromatic heterocycles. The van der Waals surface area contributed by atoms with Crippen molar-refractivity contribution < 1.29 is 38.9 Å². The standard InChI is InChI=1S/C48H55ClN8O9S2/c1-48(2)25-33(51-32-9-5-7-30(23-32)42-40(49)41(66-26-39(59)60)43(68-42)45(62)63)17-21-56(48)67-27-29-6-4-8-31(22-29)52-46(64)50-18-14-28-15-19-55(20-16-28)34-10-11-35-37(24-34)54(3)47(65)57(35)36-12-13-38(58)53-44(36)61/h4-11,22-24,28,33,36,51H,12-21,25-27H2,1-3H3,(H,59,60)(H,62,63)(H2,50,52,64)(H,53,58,61). The van der Waals surface area contributed by atoms with Crippen molar-refractivity contribution >= 4 is 92.8 Å². The summed E-state index contributed by atoms with van der Waals surface area (Å²) in [6.07, 6.45) is 5.05. The van der Waals surface area contributed by atoms with Crippen molar-refractivity contribution in [3.63, 3.8) is 0 Å². The zero-order valence-corrected chi connectivity index (χ0v) is 40.4. The number of aromatic carboxylic acids is 1. The van der Waals surface area contributed by atoms with E-state index in [1.807, 2.05) is 60.7 Å². The van der Waals surface area contributed by atoms with Gasteiger partial charge in [0.15, 0.2) is 17.2 Å². The highest BCUT2D eigenvalue weighted by atomic mass is 35.5. The summed E-state index contributed by atoms with van der Waals surface area (Å²) in [4.78, 5) is 76.1. The number of urea groups is 1. The van der Waals surface area contributed by atoms with E-state index in [4.69, 9.17) is 21.4 Å². The van der Waals surface area contributed by atoms with Gasteiger partial charge >= 0.3 is 23.7 Å². The number of carboxylic acids is 2. The number of aromatic nitrogens is 2.